The molecule has 0 bridgehead atoms. The van der Waals surface area contributed by atoms with Crippen molar-refractivity contribution < 1.29 is 13.2 Å². The predicted molar refractivity (Wildman–Crippen MR) is 145 cm³/mol. The van der Waals surface area contributed by atoms with E-state index in [1.54, 1.807) is 10.7 Å². The second kappa shape index (κ2) is 9.48. The third-order valence-electron chi connectivity index (χ3n) is 7.55. The Morgan fingerprint density at radius 1 is 1.05 bits per heavy atom. The van der Waals surface area contributed by atoms with Crippen LogP contribution in [0.2, 0.25) is 0 Å². The van der Waals surface area contributed by atoms with Crippen LogP contribution in [0, 0.1) is 0 Å². The Labute approximate surface area is 224 Å². The summed E-state index contributed by atoms with van der Waals surface area (Å²) in [6.45, 7) is 5.83. The number of rotatable bonds is 6. The molecule has 3 heterocycles. The van der Waals surface area contributed by atoms with Crippen molar-refractivity contribution in [3.05, 3.63) is 69.9 Å². The van der Waals surface area contributed by atoms with Crippen molar-refractivity contribution >= 4 is 22.7 Å². The van der Waals surface area contributed by atoms with Crippen LogP contribution in [0.3, 0.4) is 0 Å². The number of hydrogen-bond donors (Lipinski definition) is 1. The Morgan fingerprint density at radius 2 is 1.77 bits per heavy atom. The monoisotopic (exact) mass is 539 g/mol. The summed E-state index contributed by atoms with van der Waals surface area (Å²) >= 11 is 0. The van der Waals surface area contributed by atoms with E-state index in [1.165, 1.54) is 34.3 Å². The molecule has 1 aliphatic rings. The summed E-state index contributed by atoms with van der Waals surface area (Å²) in [4.78, 5) is 28.6. The fraction of sp³-hybridized carbons (Fsp3) is 0.429. The quantitative estimate of drug-likeness (QED) is 0.364. The van der Waals surface area contributed by atoms with Gasteiger partial charge in [0.15, 0.2) is 5.65 Å². The van der Waals surface area contributed by atoms with Gasteiger partial charge < -0.3 is 10.2 Å². The minimum absolute atomic E-state index is 0.154. The minimum atomic E-state index is -4.50. The molecule has 11 heteroatoms. The highest BCUT2D eigenvalue weighted by Crippen LogP contribution is 2.40. The van der Waals surface area contributed by atoms with Crippen molar-refractivity contribution in [1.29, 1.82) is 0 Å². The highest BCUT2D eigenvalue weighted by Gasteiger charge is 2.49. The number of anilines is 2. The molecule has 4 aromatic rings. The smallest absolute Gasteiger partial charge is 0.324 e. The number of fused-ring (bicyclic) bond motifs is 2. The molecule has 1 aromatic carbocycles. The molecular weight excluding hydrogens is 507 g/mol. The number of likely N-dealkylation sites (N-methyl/N-ethyl adjacent to an activating group) is 1. The van der Waals surface area contributed by atoms with Crippen molar-refractivity contribution in [2.24, 2.45) is 0 Å². The summed E-state index contributed by atoms with van der Waals surface area (Å²) in [6, 6.07) is 9.27. The van der Waals surface area contributed by atoms with E-state index < -0.39 is 11.6 Å². The van der Waals surface area contributed by atoms with Gasteiger partial charge in [-0.05, 0) is 90.0 Å². The summed E-state index contributed by atoms with van der Waals surface area (Å²) in [6.07, 6.45) is 0.230. The Balaban J connectivity index is 1.59. The zero-order chi connectivity index (χ0) is 28.3. The molecule has 0 aliphatic heterocycles. The van der Waals surface area contributed by atoms with Crippen molar-refractivity contribution in [1.82, 2.24) is 29.2 Å². The molecule has 1 N–H and O–H groups in total. The van der Waals surface area contributed by atoms with Gasteiger partial charge in [-0.1, -0.05) is 6.07 Å². The average molecular weight is 540 g/mol. The van der Waals surface area contributed by atoms with Crippen molar-refractivity contribution in [2.75, 3.05) is 19.4 Å². The van der Waals surface area contributed by atoms with E-state index >= 15 is 0 Å². The first-order valence-electron chi connectivity index (χ1n) is 12.9. The maximum absolute atomic E-state index is 13.8. The number of alkyl halides is 3. The zero-order valence-corrected chi connectivity index (χ0v) is 22.8. The van der Waals surface area contributed by atoms with Gasteiger partial charge in [-0.3, -0.25) is 9.78 Å². The molecule has 1 aliphatic carbocycles. The van der Waals surface area contributed by atoms with Crippen LogP contribution in [0.15, 0.2) is 47.5 Å². The number of benzene rings is 1. The number of pyridine rings is 1. The molecule has 0 saturated heterocycles. The van der Waals surface area contributed by atoms with E-state index in [1.807, 2.05) is 19.9 Å². The summed E-state index contributed by atoms with van der Waals surface area (Å²) in [5, 5.41) is 3.51. The number of hydrogen-bond acceptors (Lipinski definition) is 6. The van der Waals surface area contributed by atoms with Crippen LogP contribution in [0.1, 0.15) is 50.6 Å². The Hall–Kier alpha value is -3.73. The maximum atomic E-state index is 13.8. The van der Waals surface area contributed by atoms with Crippen molar-refractivity contribution in [2.45, 2.75) is 64.2 Å². The third kappa shape index (κ3) is 4.69. The van der Waals surface area contributed by atoms with Crippen LogP contribution in [0.4, 0.5) is 24.8 Å². The lowest BCUT2D eigenvalue weighted by atomic mass is 9.88. The van der Waals surface area contributed by atoms with E-state index in [0.29, 0.717) is 17.4 Å². The number of nitrogens with zero attached hydrogens (tertiary/aromatic N) is 6. The standard InChI is InChI=1S/C28H32F3N7O/c1-16(2)37-25(39)22-15-33-26(34-19-8-7-17-12-21(36(5)6)13-18(17)11-19)35-24(22)38(37)20-9-10-32-23(14-20)27(3,4)28(29,30)31/h7-11,14-16,21H,12-13H2,1-6H3,(H,33,34,35). The summed E-state index contributed by atoms with van der Waals surface area (Å²) < 4.78 is 44.4. The van der Waals surface area contributed by atoms with Gasteiger partial charge in [0.25, 0.3) is 5.56 Å². The van der Waals surface area contributed by atoms with E-state index in [0.717, 1.165) is 32.4 Å². The Kier molecular flexibility index (Phi) is 6.53. The molecule has 39 heavy (non-hydrogen) atoms. The first kappa shape index (κ1) is 26.9. The van der Waals surface area contributed by atoms with E-state index in [4.69, 9.17) is 0 Å². The zero-order valence-electron chi connectivity index (χ0n) is 22.8. The first-order chi connectivity index (χ1) is 18.3. The highest BCUT2D eigenvalue weighted by molar-refractivity contribution is 5.77. The largest absolute Gasteiger partial charge is 0.399 e. The molecule has 3 aromatic heterocycles. The number of nitrogens with one attached hydrogen (secondary N) is 1. The van der Waals surface area contributed by atoms with Crippen molar-refractivity contribution in [3.8, 4) is 5.69 Å². The van der Waals surface area contributed by atoms with E-state index in [-0.39, 0.29) is 28.6 Å². The second-order valence-corrected chi connectivity index (χ2v) is 11.1. The highest BCUT2D eigenvalue weighted by atomic mass is 19.4. The van der Waals surface area contributed by atoms with Gasteiger partial charge in [0.2, 0.25) is 5.95 Å². The van der Waals surface area contributed by atoms with Crippen LogP contribution in [0.25, 0.3) is 16.7 Å². The lowest BCUT2D eigenvalue weighted by molar-refractivity contribution is -0.181. The number of halogens is 3. The van der Waals surface area contributed by atoms with Gasteiger partial charge >= 0.3 is 6.18 Å². The fourth-order valence-corrected chi connectivity index (χ4v) is 4.98. The van der Waals surface area contributed by atoms with Crippen molar-refractivity contribution in [3.63, 3.8) is 0 Å². The molecular formula is C28H32F3N7O. The third-order valence-corrected chi connectivity index (χ3v) is 7.55. The fourth-order valence-electron chi connectivity index (χ4n) is 4.98. The Bertz CT molecular complexity index is 1600. The first-order valence-corrected chi connectivity index (χ1v) is 12.9. The molecule has 1 unspecified atom stereocenters. The molecule has 0 spiro atoms. The van der Waals surface area contributed by atoms with E-state index in [2.05, 4.69) is 51.4 Å². The summed E-state index contributed by atoms with van der Waals surface area (Å²) in [5.74, 6) is 0.282. The van der Waals surface area contributed by atoms with Gasteiger partial charge in [0.1, 0.15) is 10.8 Å². The topological polar surface area (TPSA) is 80.9 Å². The molecule has 0 radical (unpaired) electrons. The number of aromatic nitrogens is 5. The van der Waals surface area contributed by atoms with Gasteiger partial charge in [-0.25, -0.2) is 14.3 Å². The molecule has 1 atom stereocenters. The van der Waals surface area contributed by atoms with Gasteiger partial charge in [0, 0.05) is 30.2 Å². The minimum Gasteiger partial charge on any atom is -0.324 e. The average Bonchev–Trinajstić information content (AvgIpc) is 3.42. The molecule has 8 nitrogen and oxygen atoms in total. The van der Waals surface area contributed by atoms with Gasteiger partial charge in [-0.2, -0.15) is 18.2 Å². The summed E-state index contributed by atoms with van der Waals surface area (Å²) in [5.41, 5.74) is 1.38. The molecule has 0 saturated carbocycles. The van der Waals surface area contributed by atoms with E-state index in [9.17, 15) is 18.0 Å². The molecule has 206 valence electrons. The SMILES string of the molecule is CC(C)n1c(=O)c2cnc(Nc3ccc4c(c3)CC(N(C)C)C4)nc2n1-c1ccnc(C(C)(C)C(F)(F)F)c1. The molecule has 0 amide bonds. The van der Waals surface area contributed by atoms with Gasteiger partial charge in [-0.15, -0.1) is 0 Å². The predicted octanol–water partition coefficient (Wildman–Crippen LogP) is 5.17. The van der Waals surface area contributed by atoms with Crippen LogP contribution in [0.5, 0.6) is 0 Å². The second-order valence-electron chi connectivity index (χ2n) is 11.1. The summed E-state index contributed by atoms with van der Waals surface area (Å²) in [7, 11) is 4.16. The van der Waals surface area contributed by atoms with Crippen LogP contribution in [-0.4, -0.2) is 55.5 Å². The van der Waals surface area contributed by atoms with Crippen LogP contribution < -0.4 is 10.9 Å². The maximum Gasteiger partial charge on any atom is 0.399 e. The lowest BCUT2D eigenvalue weighted by Gasteiger charge is -2.27. The van der Waals surface area contributed by atoms with Crippen LogP contribution >= 0.6 is 0 Å². The molecule has 0 fully saturated rings. The molecule has 5 rings (SSSR count). The Morgan fingerprint density at radius 3 is 2.44 bits per heavy atom. The van der Waals surface area contributed by atoms with Crippen LogP contribution in [-0.2, 0) is 18.3 Å². The van der Waals surface area contributed by atoms with Gasteiger partial charge in [0.05, 0.1) is 11.4 Å². The normalized spacial score (nSPS) is 15.9. The lowest BCUT2D eigenvalue weighted by Crippen LogP contribution is -2.37.